The molecule has 0 saturated heterocycles. The van der Waals surface area contributed by atoms with Gasteiger partial charge in [-0.15, -0.1) is 0 Å². The highest BCUT2D eigenvalue weighted by atomic mass is 32.2. The highest BCUT2D eigenvalue weighted by molar-refractivity contribution is 7.89. The van der Waals surface area contributed by atoms with E-state index in [2.05, 4.69) is 13.8 Å². The monoisotopic (exact) mass is 295 g/mol. The Morgan fingerprint density at radius 3 is 2.05 bits per heavy atom. The average molecular weight is 295 g/mol. The maximum absolute atomic E-state index is 11.3. The van der Waals surface area contributed by atoms with Crippen LogP contribution in [0.3, 0.4) is 0 Å². The third-order valence-electron chi connectivity index (χ3n) is 3.24. The molecule has 0 aliphatic rings. The summed E-state index contributed by atoms with van der Waals surface area (Å²) in [5.41, 5.74) is -0.383. The lowest BCUT2D eigenvalue weighted by molar-refractivity contribution is 0.00312. The molecule has 0 saturated carbocycles. The largest absolute Gasteiger partial charge is 0.379 e. The Bertz CT molecular complexity index is 324. The zero-order valence-electron chi connectivity index (χ0n) is 12.6. The molecular weight excluding hydrogens is 266 g/mol. The Morgan fingerprint density at radius 2 is 1.63 bits per heavy atom. The first kappa shape index (κ1) is 18.8. The van der Waals surface area contributed by atoms with E-state index in [1.54, 1.807) is 0 Å². The van der Waals surface area contributed by atoms with Crippen molar-refractivity contribution in [1.29, 1.82) is 0 Å². The normalized spacial score (nSPS) is 13.2. The van der Waals surface area contributed by atoms with Crippen LogP contribution in [0.15, 0.2) is 0 Å². The molecule has 0 fully saturated rings. The third kappa shape index (κ3) is 9.38. The summed E-state index contributed by atoms with van der Waals surface area (Å²) in [6.07, 6.45) is 1.46. The first-order chi connectivity index (χ1) is 8.74. The summed E-state index contributed by atoms with van der Waals surface area (Å²) < 4.78 is 33.5. The minimum absolute atomic E-state index is 0.0279. The molecule has 0 aliphatic heterocycles. The molecule has 5 nitrogen and oxygen atoms in total. The maximum atomic E-state index is 11.3. The Hall–Kier alpha value is -0.170. The van der Waals surface area contributed by atoms with Gasteiger partial charge in [-0.1, -0.05) is 27.7 Å². The van der Waals surface area contributed by atoms with E-state index in [4.69, 9.17) is 14.6 Å². The van der Waals surface area contributed by atoms with E-state index in [1.807, 2.05) is 13.8 Å². The van der Waals surface area contributed by atoms with E-state index in [0.717, 1.165) is 12.8 Å². The minimum Gasteiger partial charge on any atom is -0.379 e. The SMILES string of the molecule is CCC(CC)(COCCOCC(C)C)CS(N)(=O)=O. The Morgan fingerprint density at radius 1 is 1.11 bits per heavy atom. The lowest BCUT2D eigenvalue weighted by Crippen LogP contribution is -2.37. The summed E-state index contributed by atoms with van der Waals surface area (Å²) in [5.74, 6) is 0.479. The molecule has 0 spiro atoms. The number of sulfonamides is 1. The molecule has 0 rings (SSSR count). The smallest absolute Gasteiger partial charge is 0.209 e. The van der Waals surface area contributed by atoms with Crippen molar-refractivity contribution in [3.63, 3.8) is 0 Å². The molecule has 6 heteroatoms. The lowest BCUT2D eigenvalue weighted by Gasteiger charge is -2.30. The zero-order valence-corrected chi connectivity index (χ0v) is 13.5. The van der Waals surface area contributed by atoms with Crippen LogP contribution >= 0.6 is 0 Å². The average Bonchev–Trinajstić information content (AvgIpc) is 2.30. The van der Waals surface area contributed by atoms with Gasteiger partial charge in [0.15, 0.2) is 0 Å². The molecule has 0 bridgehead atoms. The van der Waals surface area contributed by atoms with Crippen LogP contribution in [0.2, 0.25) is 0 Å². The molecule has 0 radical (unpaired) electrons. The summed E-state index contributed by atoms with van der Waals surface area (Å²) in [4.78, 5) is 0. The maximum Gasteiger partial charge on any atom is 0.209 e. The van der Waals surface area contributed by atoms with Crippen molar-refractivity contribution in [1.82, 2.24) is 0 Å². The molecule has 0 atom stereocenters. The fourth-order valence-electron chi connectivity index (χ4n) is 1.85. The van der Waals surface area contributed by atoms with Gasteiger partial charge in [0.05, 0.1) is 25.6 Å². The molecular formula is C13H29NO4S. The highest BCUT2D eigenvalue weighted by Crippen LogP contribution is 2.28. The summed E-state index contributed by atoms with van der Waals surface area (Å²) >= 11 is 0. The van der Waals surface area contributed by atoms with E-state index in [0.29, 0.717) is 32.3 Å². The number of hydrogen-bond donors (Lipinski definition) is 1. The van der Waals surface area contributed by atoms with Gasteiger partial charge in [0.1, 0.15) is 0 Å². The van der Waals surface area contributed by atoms with Crippen molar-refractivity contribution >= 4 is 10.0 Å². The Labute approximate surface area is 117 Å². The minimum atomic E-state index is -3.48. The highest BCUT2D eigenvalue weighted by Gasteiger charge is 2.31. The topological polar surface area (TPSA) is 78.6 Å². The number of ether oxygens (including phenoxy) is 2. The van der Waals surface area contributed by atoms with Crippen LogP contribution in [-0.2, 0) is 19.5 Å². The molecule has 2 N–H and O–H groups in total. The van der Waals surface area contributed by atoms with Crippen molar-refractivity contribution in [3.8, 4) is 0 Å². The van der Waals surface area contributed by atoms with Gasteiger partial charge >= 0.3 is 0 Å². The van der Waals surface area contributed by atoms with Gasteiger partial charge in [-0.05, 0) is 18.8 Å². The molecule has 0 aliphatic carbocycles. The van der Waals surface area contributed by atoms with Crippen LogP contribution in [0.4, 0.5) is 0 Å². The second-order valence-corrected chi connectivity index (χ2v) is 7.15. The van der Waals surface area contributed by atoms with Crippen LogP contribution < -0.4 is 5.14 Å². The summed E-state index contributed by atoms with van der Waals surface area (Å²) in [6.45, 7) is 10.3. The van der Waals surface area contributed by atoms with E-state index in [1.165, 1.54) is 0 Å². The van der Waals surface area contributed by atoms with Gasteiger partial charge in [0, 0.05) is 12.0 Å². The first-order valence-electron chi connectivity index (χ1n) is 6.90. The molecule has 0 heterocycles. The van der Waals surface area contributed by atoms with Crippen LogP contribution in [-0.4, -0.2) is 40.6 Å². The van der Waals surface area contributed by atoms with Crippen LogP contribution in [0.1, 0.15) is 40.5 Å². The van der Waals surface area contributed by atoms with Crippen molar-refractivity contribution in [2.45, 2.75) is 40.5 Å². The Kier molecular flexibility index (Phi) is 8.81. The molecule has 0 aromatic carbocycles. The second kappa shape index (κ2) is 8.89. The van der Waals surface area contributed by atoms with Gasteiger partial charge in [-0.2, -0.15) is 0 Å². The molecule has 0 unspecified atom stereocenters. The fraction of sp³-hybridized carbons (Fsp3) is 1.00. The number of primary sulfonamides is 1. The summed E-state index contributed by atoms with van der Waals surface area (Å²) in [5, 5.41) is 5.15. The molecule has 0 aromatic rings. The van der Waals surface area contributed by atoms with Crippen molar-refractivity contribution in [2.75, 3.05) is 32.2 Å². The van der Waals surface area contributed by atoms with Crippen molar-refractivity contribution in [2.24, 2.45) is 16.5 Å². The van der Waals surface area contributed by atoms with E-state index < -0.39 is 10.0 Å². The van der Waals surface area contributed by atoms with Gasteiger partial charge in [-0.25, -0.2) is 13.6 Å². The van der Waals surface area contributed by atoms with Crippen molar-refractivity contribution < 1.29 is 17.9 Å². The lowest BCUT2D eigenvalue weighted by atomic mass is 9.85. The number of nitrogens with two attached hydrogens (primary N) is 1. The van der Waals surface area contributed by atoms with Gasteiger partial charge in [0.25, 0.3) is 0 Å². The molecule has 116 valence electrons. The van der Waals surface area contributed by atoms with Crippen LogP contribution in [0.25, 0.3) is 0 Å². The third-order valence-corrected chi connectivity index (χ3v) is 4.25. The predicted molar refractivity (Wildman–Crippen MR) is 77.5 cm³/mol. The quantitative estimate of drug-likeness (QED) is 0.589. The first-order valence-corrected chi connectivity index (χ1v) is 8.62. The number of rotatable bonds is 11. The fourth-order valence-corrected chi connectivity index (χ4v) is 3.20. The summed E-state index contributed by atoms with van der Waals surface area (Å²) in [6, 6.07) is 0. The second-order valence-electron chi connectivity index (χ2n) is 5.54. The predicted octanol–water partition coefficient (Wildman–Crippen LogP) is 1.77. The van der Waals surface area contributed by atoms with Gasteiger partial charge in [-0.3, -0.25) is 0 Å². The molecule has 19 heavy (non-hydrogen) atoms. The Balaban J connectivity index is 4.08. The zero-order chi connectivity index (χ0) is 14.9. The van der Waals surface area contributed by atoms with Crippen LogP contribution in [0.5, 0.6) is 0 Å². The van der Waals surface area contributed by atoms with E-state index in [9.17, 15) is 8.42 Å². The standard InChI is InChI=1S/C13H29NO4S/c1-5-13(6-2,11-19(14,15)16)10-18-8-7-17-9-12(3)4/h12H,5-11H2,1-4H3,(H2,14,15,16). The molecule has 0 amide bonds. The van der Waals surface area contributed by atoms with Crippen molar-refractivity contribution in [3.05, 3.63) is 0 Å². The van der Waals surface area contributed by atoms with E-state index >= 15 is 0 Å². The van der Waals surface area contributed by atoms with E-state index in [-0.39, 0.29) is 11.2 Å². The van der Waals surface area contributed by atoms with Gasteiger partial charge < -0.3 is 9.47 Å². The molecule has 0 aromatic heterocycles. The number of hydrogen-bond acceptors (Lipinski definition) is 4. The van der Waals surface area contributed by atoms with Crippen LogP contribution in [0, 0.1) is 11.3 Å². The summed E-state index contributed by atoms with van der Waals surface area (Å²) in [7, 11) is -3.48. The van der Waals surface area contributed by atoms with Gasteiger partial charge in [0.2, 0.25) is 10.0 Å².